The zero-order valence-corrected chi connectivity index (χ0v) is 11.3. The highest BCUT2D eigenvalue weighted by atomic mass is 32.2. The van der Waals surface area contributed by atoms with E-state index in [2.05, 4.69) is 5.32 Å². The molecule has 0 aromatic carbocycles. The van der Waals surface area contributed by atoms with Crippen LogP contribution in [-0.4, -0.2) is 43.6 Å². The van der Waals surface area contributed by atoms with Gasteiger partial charge in [0.25, 0.3) is 0 Å². The van der Waals surface area contributed by atoms with Crippen LogP contribution in [0, 0.1) is 0 Å². The Balaban J connectivity index is 4.63. The minimum atomic E-state index is -3.15. The van der Waals surface area contributed by atoms with Crippen molar-refractivity contribution >= 4 is 10.0 Å². The number of sulfonamides is 1. The van der Waals surface area contributed by atoms with Crippen LogP contribution in [0.3, 0.4) is 0 Å². The third-order valence-electron chi connectivity index (χ3n) is 2.40. The molecule has 0 heterocycles. The molecular formula is C10H24N2O2S. The van der Waals surface area contributed by atoms with Gasteiger partial charge in [-0.15, -0.1) is 0 Å². The van der Waals surface area contributed by atoms with Gasteiger partial charge in [-0.1, -0.05) is 13.8 Å². The van der Waals surface area contributed by atoms with E-state index in [0.29, 0.717) is 13.1 Å². The van der Waals surface area contributed by atoms with Crippen LogP contribution in [0.25, 0.3) is 0 Å². The minimum Gasteiger partial charge on any atom is -0.316 e. The lowest BCUT2D eigenvalue weighted by Crippen LogP contribution is -2.45. The molecule has 1 atom stereocenters. The van der Waals surface area contributed by atoms with E-state index < -0.39 is 10.0 Å². The molecule has 0 radical (unpaired) electrons. The van der Waals surface area contributed by atoms with Gasteiger partial charge in [0.1, 0.15) is 0 Å². The molecule has 0 aliphatic carbocycles. The Morgan fingerprint density at radius 1 is 1.20 bits per heavy atom. The normalized spacial score (nSPS) is 14.9. The molecule has 0 bridgehead atoms. The van der Waals surface area contributed by atoms with Crippen LogP contribution in [0.1, 0.15) is 34.6 Å². The van der Waals surface area contributed by atoms with Crippen molar-refractivity contribution in [2.75, 3.05) is 19.6 Å². The molecule has 5 heteroatoms. The van der Waals surface area contributed by atoms with Gasteiger partial charge in [-0.05, 0) is 27.3 Å². The maximum absolute atomic E-state index is 12.1. The Labute approximate surface area is 94.1 Å². The van der Waals surface area contributed by atoms with Crippen molar-refractivity contribution in [3.8, 4) is 0 Å². The average molecular weight is 236 g/mol. The molecule has 4 nitrogen and oxygen atoms in total. The Bertz CT molecular complexity index is 263. The van der Waals surface area contributed by atoms with E-state index in [1.807, 2.05) is 27.7 Å². The summed E-state index contributed by atoms with van der Waals surface area (Å²) >= 11 is 0. The van der Waals surface area contributed by atoms with E-state index in [1.54, 1.807) is 11.2 Å². The molecule has 0 aliphatic rings. The first-order valence-electron chi connectivity index (χ1n) is 5.59. The first kappa shape index (κ1) is 14.9. The number of nitrogens with zero attached hydrogens (tertiary/aromatic N) is 1. The summed E-state index contributed by atoms with van der Waals surface area (Å²) in [6.45, 7) is 11.3. The van der Waals surface area contributed by atoms with Crippen LogP contribution in [0.4, 0.5) is 0 Å². The Morgan fingerprint density at radius 2 is 1.73 bits per heavy atom. The van der Waals surface area contributed by atoms with Crippen molar-refractivity contribution in [1.29, 1.82) is 0 Å². The molecule has 0 saturated heterocycles. The summed E-state index contributed by atoms with van der Waals surface area (Å²) in [6.07, 6.45) is 0. The van der Waals surface area contributed by atoms with Gasteiger partial charge >= 0.3 is 0 Å². The summed E-state index contributed by atoms with van der Waals surface area (Å²) in [5.74, 6) is 0. The number of nitrogens with one attached hydrogen (secondary N) is 1. The van der Waals surface area contributed by atoms with Gasteiger partial charge in [0.15, 0.2) is 0 Å². The van der Waals surface area contributed by atoms with Crippen LogP contribution in [0.15, 0.2) is 0 Å². The van der Waals surface area contributed by atoms with E-state index in [4.69, 9.17) is 0 Å². The first-order valence-corrected chi connectivity index (χ1v) is 7.09. The molecule has 0 aromatic heterocycles. The van der Waals surface area contributed by atoms with Crippen LogP contribution in [-0.2, 0) is 10.0 Å². The van der Waals surface area contributed by atoms with Crippen molar-refractivity contribution in [3.05, 3.63) is 0 Å². The van der Waals surface area contributed by atoms with Crippen molar-refractivity contribution < 1.29 is 8.42 Å². The third-order valence-corrected chi connectivity index (χ3v) is 4.92. The fraction of sp³-hybridized carbons (Fsp3) is 1.00. The van der Waals surface area contributed by atoms with Gasteiger partial charge in [0.05, 0.1) is 5.25 Å². The van der Waals surface area contributed by atoms with Crippen molar-refractivity contribution in [2.24, 2.45) is 0 Å². The molecule has 1 N–H and O–H groups in total. The Morgan fingerprint density at radius 3 is 2.07 bits per heavy atom. The van der Waals surface area contributed by atoms with Crippen molar-refractivity contribution in [2.45, 2.75) is 45.9 Å². The highest BCUT2D eigenvalue weighted by Gasteiger charge is 2.28. The van der Waals surface area contributed by atoms with Gasteiger partial charge in [0, 0.05) is 19.1 Å². The van der Waals surface area contributed by atoms with E-state index in [-0.39, 0.29) is 11.3 Å². The second-order valence-corrected chi connectivity index (χ2v) is 6.26. The summed E-state index contributed by atoms with van der Waals surface area (Å²) in [4.78, 5) is 0. The predicted octanol–water partition coefficient (Wildman–Crippen LogP) is 1.04. The van der Waals surface area contributed by atoms with Crippen LogP contribution in [0.5, 0.6) is 0 Å². The van der Waals surface area contributed by atoms with Gasteiger partial charge in [0.2, 0.25) is 10.0 Å². The SMILES string of the molecule is CCNCC(C)S(=O)(=O)N(CC)C(C)C. The largest absolute Gasteiger partial charge is 0.316 e. The maximum atomic E-state index is 12.1. The summed E-state index contributed by atoms with van der Waals surface area (Å²) < 4.78 is 25.7. The second-order valence-electron chi connectivity index (χ2n) is 3.96. The highest BCUT2D eigenvalue weighted by molar-refractivity contribution is 7.89. The van der Waals surface area contributed by atoms with E-state index in [0.717, 1.165) is 6.54 Å². The average Bonchev–Trinajstić information content (AvgIpc) is 2.13. The molecule has 0 saturated carbocycles. The molecular weight excluding hydrogens is 212 g/mol. The molecule has 15 heavy (non-hydrogen) atoms. The molecule has 0 aromatic rings. The van der Waals surface area contributed by atoms with Crippen molar-refractivity contribution in [1.82, 2.24) is 9.62 Å². The van der Waals surface area contributed by atoms with E-state index in [1.165, 1.54) is 0 Å². The van der Waals surface area contributed by atoms with Crippen LogP contribution in [0.2, 0.25) is 0 Å². The third kappa shape index (κ3) is 4.09. The predicted molar refractivity (Wildman–Crippen MR) is 64.4 cm³/mol. The number of hydrogen-bond acceptors (Lipinski definition) is 3. The monoisotopic (exact) mass is 236 g/mol. The Hall–Kier alpha value is -0.130. The highest BCUT2D eigenvalue weighted by Crippen LogP contribution is 2.11. The van der Waals surface area contributed by atoms with Crippen LogP contribution >= 0.6 is 0 Å². The summed E-state index contributed by atoms with van der Waals surface area (Å²) in [5, 5.41) is 2.70. The molecule has 0 aliphatic heterocycles. The first-order chi connectivity index (χ1) is 6.87. The summed E-state index contributed by atoms with van der Waals surface area (Å²) in [7, 11) is -3.15. The Kier molecular flexibility index (Phi) is 6.40. The zero-order chi connectivity index (χ0) is 12.1. The molecule has 0 amide bonds. The quantitative estimate of drug-likeness (QED) is 0.718. The molecule has 0 rings (SSSR count). The lowest BCUT2D eigenvalue weighted by atomic mass is 10.4. The van der Waals surface area contributed by atoms with Crippen molar-refractivity contribution in [3.63, 3.8) is 0 Å². The van der Waals surface area contributed by atoms with Gasteiger partial charge in [-0.2, -0.15) is 4.31 Å². The molecule has 0 spiro atoms. The van der Waals surface area contributed by atoms with Gasteiger partial charge < -0.3 is 5.32 Å². The zero-order valence-electron chi connectivity index (χ0n) is 10.4. The lowest BCUT2D eigenvalue weighted by Gasteiger charge is -2.27. The second kappa shape index (κ2) is 6.45. The smallest absolute Gasteiger partial charge is 0.218 e. The molecule has 92 valence electrons. The number of hydrogen-bond donors (Lipinski definition) is 1. The van der Waals surface area contributed by atoms with Gasteiger partial charge in [-0.3, -0.25) is 0 Å². The molecule has 1 unspecified atom stereocenters. The fourth-order valence-electron chi connectivity index (χ4n) is 1.52. The van der Waals surface area contributed by atoms with E-state index >= 15 is 0 Å². The lowest BCUT2D eigenvalue weighted by molar-refractivity contribution is 0.363. The topological polar surface area (TPSA) is 49.4 Å². The maximum Gasteiger partial charge on any atom is 0.218 e. The minimum absolute atomic E-state index is 0.0316. The standard InChI is InChI=1S/C10H24N2O2S/c1-6-11-8-10(5)15(13,14)12(7-2)9(3)4/h9-11H,6-8H2,1-5H3. The van der Waals surface area contributed by atoms with Gasteiger partial charge in [-0.25, -0.2) is 8.42 Å². The van der Waals surface area contributed by atoms with E-state index in [9.17, 15) is 8.42 Å². The molecule has 0 fully saturated rings. The van der Waals surface area contributed by atoms with Crippen LogP contribution < -0.4 is 5.32 Å². The fourth-order valence-corrected chi connectivity index (χ4v) is 3.26. The summed E-state index contributed by atoms with van der Waals surface area (Å²) in [5.41, 5.74) is 0. The number of rotatable bonds is 7. The summed E-state index contributed by atoms with van der Waals surface area (Å²) in [6, 6.07) is 0.0316.